The molecule has 15 nitrogen and oxygen atoms in total. The summed E-state index contributed by atoms with van der Waals surface area (Å²) in [6.07, 6.45) is 2.86. The quantitative estimate of drug-likeness (QED) is 0.0389. The molecule has 0 aliphatic rings. The van der Waals surface area contributed by atoms with Crippen molar-refractivity contribution >= 4 is 0 Å². The second-order valence-corrected chi connectivity index (χ2v) is 9.52. The summed E-state index contributed by atoms with van der Waals surface area (Å²) in [5.41, 5.74) is 0. The molecule has 17 heteroatoms. The van der Waals surface area contributed by atoms with Crippen LogP contribution < -0.4 is 0 Å². The van der Waals surface area contributed by atoms with Crippen LogP contribution in [-0.2, 0) is 42.6 Å². The van der Waals surface area contributed by atoms with E-state index in [9.17, 15) is 10.2 Å². The average molecular weight is 1200 g/mol. The molecule has 0 spiro atoms. The maximum atomic E-state index is 9.43. The van der Waals surface area contributed by atoms with Crippen molar-refractivity contribution in [3.63, 3.8) is 0 Å². The molecule has 0 saturated carbocycles. The van der Waals surface area contributed by atoms with Crippen molar-refractivity contribution in [2.75, 3.05) is 106 Å². The Morgan fingerprint density at radius 1 is 0.362 bits per heavy atom. The first-order valence-corrected chi connectivity index (χ1v) is 15.1. The molecule has 280 valence electrons. The van der Waals surface area contributed by atoms with Crippen LogP contribution in [0.15, 0.2) is 0 Å². The van der Waals surface area contributed by atoms with E-state index < -0.39 is 24.4 Å². The van der Waals surface area contributed by atoms with Gasteiger partial charge in [-0.25, -0.2) is 28.4 Å². The molecule has 0 aliphatic carbocycles. The standard InChI is InChI=1S/C18H36O7.2C6H13O4.2Rf/c1-21-15-17(19)7-3-5-9-23-11-13-25-14-12-24-10-6-4-8-18(20)16-22-2;2*1-9-4-6(8)5-10-3-2-7;;/h17-20H,1-16H2;2*6-8H,1-5H2;;/q-2;2*-1;;. The van der Waals surface area contributed by atoms with Crippen molar-refractivity contribution in [1.82, 2.24) is 0 Å². The van der Waals surface area contributed by atoms with Crippen molar-refractivity contribution in [2.24, 2.45) is 0 Å². The minimum atomic E-state index is -0.649. The number of hydrogen-bond donors (Lipinski definition) is 6. The molecule has 47 heavy (non-hydrogen) atoms. The summed E-state index contributed by atoms with van der Waals surface area (Å²) in [5, 5.41) is 53.2. The summed E-state index contributed by atoms with van der Waals surface area (Å²) in [4.78, 5) is 0. The molecule has 0 aliphatic heterocycles. The van der Waals surface area contributed by atoms with E-state index in [-0.39, 0.29) is 66.1 Å². The van der Waals surface area contributed by atoms with Crippen LogP contribution in [0.25, 0.3) is 0 Å². The van der Waals surface area contributed by atoms with Gasteiger partial charge in [0.25, 0.3) is 0 Å². The third-order valence-corrected chi connectivity index (χ3v) is 5.23. The number of unbranched alkanes of at least 4 members (excludes halogenated alkanes) is 2. The SMILES string of the molecule is [CH2-]OCC(O)CCCCOCCOCCOCCCCC(O)CO[CH2-].[CH2-]OCC(O)COCCO.[CH2-]OCC(O)COCCO.[Rf].[Rf]. The van der Waals surface area contributed by atoms with Gasteiger partial charge in [0.15, 0.2) is 0 Å². The molecule has 0 bridgehead atoms. The van der Waals surface area contributed by atoms with E-state index in [1.165, 1.54) is 0 Å². The number of ether oxygens (including phenoxy) is 9. The van der Waals surface area contributed by atoms with Gasteiger partial charge >= 0.3 is 0 Å². The molecule has 0 heterocycles. The molecule has 0 fully saturated rings. The van der Waals surface area contributed by atoms with Gasteiger partial charge in [0, 0.05) is 39.6 Å². The summed E-state index contributed by atoms with van der Waals surface area (Å²) >= 11 is 0. The van der Waals surface area contributed by atoms with E-state index in [1.807, 2.05) is 0 Å². The Balaban J connectivity index is -0.000000221. The number of aliphatic hydroxyl groups excluding tert-OH is 6. The Bertz CT molecular complexity index is 478. The summed E-state index contributed by atoms with van der Waals surface area (Å²) in [7, 11) is 12.6. The molecule has 6 N–H and O–H groups in total. The molecule has 4 atom stereocenters. The van der Waals surface area contributed by atoms with Crippen molar-refractivity contribution in [3.05, 3.63) is 28.4 Å². The van der Waals surface area contributed by atoms with E-state index in [2.05, 4.69) is 47.4 Å². The number of rotatable bonds is 32. The van der Waals surface area contributed by atoms with Gasteiger partial charge in [-0.1, -0.05) is 0 Å². The van der Waals surface area contributed by atoms with Crippen LogP contribution in [0.3, 0.4) is 0 Å². The molecule has 0 radical (unpaired) electrons. The summed E-state index contributed by atoms with van der Waals surface area (Å²) < 4.78 is 43.9. The second-order valence-electron chi connectivity index (χ2n) is 9.52. The average Bonchev–Trinajstić information content (AvgIpc) is 3.00. The van der Waals surface area contributed by atoms with Gasteiger partial charge in [0.05, 0.1) is 90.5 Å². The van der Waals surface area contributed by atoms with Gasteiger partial charge in [0.1, 0.15) is 0 Å². The van der Waals surface area contributed by atoms with Crippen molar-refractivity contribution < 1.29 is 73.3 Å². The Labute approximate surface area is 270 Å². The van der Waals surface area contributed by atoms with Crippen molar-refractivity contribution in [1.29, 1.82) is 0 Å². The van der Waals surface area contributed by atoms with E-state index in [0.29, 0.717) is 52.5 Å². The molecule has 0 aromatic carbocycles. The fourth-order valence-corrected chi connectivity index (χ4v) is 3.08. The maximum absolute atomic E-state index is 9.43. The predicted molar refractivity (Wildman–Crippen MR) is 165 cm³/mol. The normalized spacial score (nSPS) is 13.1. The zero-order chi connectivity index (χ0) is 34.2. The monoisotopic (exact) mass is 1200 g/mol. The minimum absolute atomic E-state index is 0. The topological polar surface area (TPSA) is 204 Å². The van der Waals surface area contributed by atoms with E-state index in [4.69, 9.17) is 44.1 Å². The van der Waals surface area contributed by atoms with Gasteiger partial charge in [0.2, 0.25) is 0 Å². The van der Waals surface area contributed by atoms with Crippen LogP contribution >= 0.6 is 0 Å². The minimum Gasteiger partial charge on any atom is -0.553 e. The van der Waals surface area contributed by atoms with Crippen molar-refractivity contribution in [2.45, 2.75) is 62.9 Å². The summed E-state index contributed by atoms with van der Waals surface area (Å²) in [6, 6.07) is 0. The Hall–Kier alpha value is -2.60. The third kappa shape index (κ3) is 53.2. The fraction of sp³-hybridized carbons (Fsp3) is 0.867. The van der Waals surface area contributed by atoms with E-state index in [0.717, 1.165) is 25.7 Å². The van der Waals surface area contributed by atoms with Crippen molar-refractivity contribution in [3.8, 4) is 0 Å². The molecule has 0 aromatic heterocycles. The van der Waals surface area contributed by atoms with Gasteiger partial charge in [-0.05, 0) is 38.5 Å². The molecular weight excluding hydrogens is 1130 g/mol. The second kappa shape index (κ2) is 47.8. The van der Waals surface area contributed by atoms with Crippen LogP contribution in [0.4, 0.5) is 0 Å². The van der Waals surface area contributed by atoms with Gasteiger partial charge in [-0.2, -0.15) is 0 Å². The Kier molecular flexibility index (Phi) is 54.8. The first kappa shape index (κ1) is 53.9. The zero-order valence-electron chi connectivity index (χ0n) is 28.5. The van der Waals surface area contributed by atoms with Gasteiger partial charge in [-0.3, -0.25) is 0 Å². The van der Waals surface area contributed by atoms with E-state index in [1.54, 1.807) is 0 Å². The van der Waals surface area contributed by atoms with Crippen LogP contribution in [0.2, 0.25) is 0 Å². The summed E-state index contributed by atoms with van der Waals surface area (Å²) in [6.45, 7) is 5.24. The smallest absolute Gasteiger partial charge is 0.0976 e. The third-order valence-electron chi connectivity index (χ3n) is 5.23. The van der Waals surface area contributed by atoms with Crippen LogP contribution in [-0.4, -0.2) is 161 Å². The van der Waals surface area contributed by atoms with Crippen LogP contribution in [0.5, 0.6) is 0 Å². The number of aliphatic hydroxyl groups is 6. The first-order valence-electron chi connectivity index (χ1n) is 15.1. The van der Waals surface area contributed by atoms with Crippen LogP contribution in [0.1, 0.15) is 38.5 Å². The summed E-state index contributed by atoms with van der Waals surface area (Å²) in [5.74, 6) is 0. The van der Waals surface area contributed by atoms with Gasteiger partial charge in [-0.15, -0.1) is 0 Å². The molecular formula is C30H62O15Rf2-4. The fourth-order valence-electron chi connectivity index (χ4n) is 3.08. The largest absolute Gasteiger partial charge is 0.553 e. The van der Waals surface area contributed by atoms with Gasteiger partial charge < -0.3 is 73.3 Å². The van der Waals surface area contributed by atoms with Crippen LogP contribution in [0, 0.1) is 28.4 Å². The molecule has 0 saturated heterocycles. The Morgan fingerprint density at radius 2 is 0.660 bits per heavy atom. The molecule has 0 rings (SSSR count). The first-order chi connectivity index (χ1) is 21.8. The number of hydrogen-bond acceptors (Lipinski definition) is 15. The zero-order valence-corrected chi connectivity index (χ0v) is 41.3. The molecule has 4 unspecified atom stereocenters. The molecule has 0 amide bonds. The van der Waals surface area contributed by atoms with E-state index >= 15 is 0 Å². The maximum Gasteiger partial charge on any atom is 0.0976 e. The Morgan fingerprint density at radius 3 is 0.957 bits per heavy atom. The molecule has 0 aromatic rings. The predicted octanol–water partition coefficient (Wildman–Crippen LogP) is 0.0438.